The van der Waals surface area contributed by atoms with E-state index in [-0.39, 0.29) is 24.0 Å². The quantitative estimate of drug-likeness (QED) is 0.525. The highest BCUT2D eigenvalue weighted by molar-refractivity contribution is 5.56. The number of aromatic nitrogens is 1. The molecule has 0 N–H and O–H groups in total. The van der Waals surface area contributed by atoms with Crippen molar-refractivity contribution in [1.82, 2.24) is 0 Å². The molecule has 76 valence electrons. The Hall–Kier alpha value is -1.16. The van der Waals surface area contributed by atoms with Crippen molar-refractivity contribution in [2.45, 2.75) is 0 Å². The molecule has 2 aromatic rings. The highest BCUT2D eigenvalue weighted by Gasteiger charge is 1.89. The first-order valence-corrected chi connectivity index (χ1v) is 4.64. The molecule has 0 bridgehead atoms. The van der Waals surface area contributed by atoms with Crippen LogP contribution >= 0.6 is 0 Å². The maximum absolute atomic E-state index is 2.08. The third kappa shape index (κ3) is 3.83. The largest absolute Gasteiger partial charge is 1.00 e. The highest BCUT2D eigenvalue weighted by Crippen LogP contribution is 1.99. The molecule has 0 unspecified atom stereocenters. The molecule has 2 rings (SSSR count). The Labute approximate surface area is 107 Å². The molecule has 0 spiro atoms. The van der Waals surface area contributed by atoms with Crippen LogP contribution in [-0.2, 0) is 0 Å². The molecule has 0 fully saturated rings. The van der Waals surface area contributed by atoms with Gasteiger partial charge in [0, 0.05) is 18.2 Å². The predicted octanol–water partition coefficient (Wildman–Crippen LogP) is -0.394. The van der Waals surface area contributed by atoms with Gasteiger partial charge in [-0.15, -0.1) is 0 Å². The molecule has 0 atom stereocenters. The minimum absolute atomic E-state index is 0. The van der Waals surface area contributed by atoms with E-state index >= 15 is 0 Å². The summed E-state index contributed by atoms with van der Waals surface area (Å²) in [5.74, 6) is 0. The third-order valence-corrected chi connectivity index (χ3v) is 1.98. The Balaban J connectivity index is 0.00000112. The van der Waals surface area contributed by atoms with Crippen LogP contribution < -0.4 is 28.5 Å². The van der Waals surface area contributed by atoms with Crippen molar-refractivity contribution in [3.63, 3.8) is 0 Å². The van der Waals surface area contributed by atoms with Crippen LogP contribution in [-0.4, -0.2) is 0 Å². The lowest BCUT2D eigenvalue weighted by Crippen LogP contribution is -3.00. The fraction of sp³-hybridized carbons (Fsp3) is 0. The van der Waals surface area contributed by atoms with Crippen LogP contribution in [0.25, 0.3) is 12.3 Å². The second kappa shape index (κ2) is 6.35. The first-order chi connectivity index (χ1) is 6.95. The summed E-state index contributed by atoms with van der Waals surface area (Å²) in [6.45, 7) is 0. The molecule has 1 aromatic carbocycles. The lowest BCUT2D eigenvalue weighted by Gasteiger charge is -1.88. The summed E-state index contributed by atoms with van der Waals surface area (Å²) in [5.41, 5.74) is 1.21. The minimum Gasteiger partial charge on any atom is -1.00 e. The van der Waals surface area contributed by atoms with E-state index in [1.807, 2.05) is 59.6 Å². The van der Waals surface area contributed by atoms with E-state index in [9.17, 15) is 0 Å². The molecule has 15 heavy (non-hydrogen) atoms. The van der Waals surface area contributed by atoms with Crippen LogP contribution in [0.3, 0.4) is 0 Å². The van der Waals surface area contributed by atoms with Crippen molar-refractivity contribution < 1.29 is 28.5 Å². The summed E-state index contributed by atoms with van der Waals surface area (Å²) in [7, 11) is 0. The van der Waals surface area contributed by atoms with Crippen LogP contribution in [0.4, 0.5) is 0 Å². The Bertz CT molecular complexity index is 368. The van der Waals surface area contributed by atoms with Gasteiger partial charge in [-0.3, -0.25) is 0 Å². The molecule has 0 aliphatic heterocycles. The van der Waals surface area contributed by atoms with Gasteiger partial charge < -0.3 is 24.0 Å². The lowest BCUT2D eigenvalue weighted by molar-refractivity contribution is -0.567. The standard InChI is InChI=1S/C13H12N.HI/c1-3-7-13(8-4-1)9-12-14-10-5-2-6-11-14;/h1-12H;1H/q+1;/p-1/b12-9+;. The number of rotatable bonds is 2. The third-order valence-electron chi connectivity index (χ3n) is 1.98. The summed E-state index contributed by atoms with van der Waals surface area (Å²) in [6.07, 6.45) is 8.15. The average Bonchev–Trinajstić information content (AvgIpc) is 2.29. The maximum atomic E-state index is 2.08. The lowest BCUT2D eigenvalue weighted by atomic mass is 10.2. The smallest absolute Gasteiger partial charge is 0.175 e. The van der Waals surface area contributed by atoms with E-state index in [0.717, 1.165) is 0 Å². The average molecular weight is 309 g/mol. The molecule has 0 amide bonds. The fourth-order valence-corrected chi connectivity index (χ4v) is 1.25. The van der Waals surface area contributed by atoms with Crippen molar-refractivity contribution in [1.29, 1.82) is 0 Å². The number of halogens is 1. The first-order valence-electron chi connectivity index (χ1n) is 4.64. The molecule has 0 aliphatic rings. The van der Waals surface area contributed by atoms with Gasteiger partial charge in [0.05, 0.1) is 0 Å². The Morgan fingerprint density at radius 1 is 0.800 bits per heavy atom. The zero-order valence-electron chi connectivity index (χ0n) is 8.25. The highest BCUT2D eigenvalue weighted by atomic mass is 127. The first kappa shape index (κ1) is 11.9. The van der Waals surface area contributed by atoms with E-state index in [1.165, 1.54) is 5.56 Å². The van der Waals surface area contributed by atoms with Crippen LogP contribution in [0.5, 0.6) is 0 Å². The molecular weight excluding hydrogens is 297 g/mol. The van der Waals surface area contributed by atoms with Crippen LogP contribution in [0, 0.1) is 0 Å². The van der Waals surface area contributed by atoms with Crippen molar-refractivity contribution >= 4 is 12.3 Å². The molecular formula is C13H12IN. The maximum Gasteiger partial charge on any atom is 0.175 e. The van der Waals surface area contributed by atoms with Gasteiger partial charge in [-0.2, -0.15) is 4.57 Å². The van der Waals surface area contributed by atoms with Gasteiger partial charge >= 0.3 is 0 Å². The summed E-state index contributed by atoms with van der Waals surface area (Å²) in [5, 5.41) is 0. The van der Waals surface area contributed by atoms with Gasteiger partial charge in [0.25, 0.3) is 0 Å². The fourth-order valence-electron chi connectivity index (χ4n) is 1.25. The minimum atomic E-state index is 0. The summed E-state index contributed by atoms with van der Waals surface area (Å²) >= 11 is 0. The van der Waals surface area contributed by atoms with Crippen molar-refractivity contribution in [3.8, 4) is 0 Å². The van der Waals surface area contributed by atoms with E-state index in [1.54, 1.807) is 0 Å². The van der Waals surface area contributed by atoms with E-state index in [4.69, 9.17) is 0 Å². The molecule has 0 radical (unpaired) electrons. The van der Waals surface area contributed by atoms with E-state index < -0.39 is 0 Å². The van der Waals surface area contributed by atoms with Gasteiger partial charge in [-0.25, -0.2) is 0 Å². The predicted molar refractivity (Wildman–Crippen MR) is 58.3 cm³/mol. The van der Waals surface area contributed by atoms with Crippen molar-refractivity contribution in [3.05, 3.63) is 66.5 Å². The zero-order valence-corrected chi connectivity index (χ0v) is 10.4. The second-order valence-corrected chi connectivity index (χ2v) is 3.05. The van der Waals surface area contributed by atoms with Crippen molar-refractivity contribution in [2.24, 2.45) is 0 Å². The van der Waals surface area contributed by atoms with Gasteiger partial charge in [-0.05, 0) is 5.56 Å². The SMILES string of the molecule is C(=C\[n+]1ccccc1)/c1ccccc1.[I-]. The van der Waals surface area contributed by atoms with Crippen LogP contribution in [0.1, 0.15) is 5.56 Å². The monoisotopic (exact) mass is 309 g/mol. The Morgan fingerprint density at radius 3 is 2.07 bits per heavy atom. The van der Waals surface area contributed by atoms with E-state index in [2.05, 4.69) is 18.2 Å². The molecule has 2 heteroatoms. The molecule has 1 heterocycles. The summed E-state index contributed by atoms with van der Waals surface area (Å²) < 4.78 is 2.02. The normalized spacial score (nSPS) is 9.87. The van der Waals surface area contributed by atoms with Gasteiger partial charge in [0.15, 0.2) is 18.6 Å². The van der Waals surface area contributed by atoms with Gasteiger partial charge in [0.1, 0.15) is 0 Å². The van der Waals surface area contributed by atoms with Crippen molar-refractivity contribution in [2.75, 3.05) is 0 Å². The van der Waals surface area contributed by atoms with Gasteiger partial charge in [-0.1, -0.05) is 36.4 Å². The topological polar surface area (TPSA) is 3.88 Å². The number of hydrogen-bond acceptors (Lipinski definition) is 0. The molecule has 0 aliphatic carbocycles. The van der Waals surface area contributed by atoms with Crippen LogP contribution in [0.2, 0.25) is 0 Å². The van der Waals surface area contributed by atoms with E-state index in [0.29, 0.717) is 0 Å². The zero-order chi connectivity index (χ0) is 9.64. The number of benzene rings is 1. The number of hydrogen-bond donors (Lipinski definition) is 0. The van der Waals surface area contributed by atoms with Crippen LogP contribution in [0.15, 0.2) is 60.9 Å². The number of pyridine rings is 1. The second-order valence-electron chi connectivity index (χ2n) is 3.05. The Morgan fingerprint density at radius 2 is 1.40 bits per heavy atom. The number of nitrogens with zero attached hydrogens (tertiary/aromatic N) is 1. The molecule has 1 aromatic heterocycles. The summed E-state index contributed by atoms with van der Waals surface area (Å²) in [6, 6.07) is 16.3. The molecule has 0 saturated heterocycles. The molecule has 0 saturated carbocycles. The summed E-state index contributed by atoms with van der Waals surface area (Å²) in [4.78, 5) is 0. The molecule has 1 nitrogen and oxygen atoms in total. The Kier molecular flexibility index (Phi) is 5.04. The van der Waals surface area contributed by atoms with Gasteiger partial charge in [0.2, 0.25) is 0 Å².